The molecule has 0 amide bonds. The highest BCUT2D eigenvalue weighted by Crippen LogP contribution is 2.43. The van der Waals surface area contributed by atoms with Crippen molar-refractivity contribution < 1.29 is 0 Å². The van der Waals surface area contributed by atoms with Crippen LogP contribution in [0.2, 0.25) is 0 Å². The first-order valence-corrected chi connectivity index (χ1v) is 12.6. The third-order valence-corrected chi connectivity index (χ3v) is 7.60. The van der Waals surface area contributed by atoms with Crippen LogP contribution < -0.4 is 9.80 Å². The van der Waals surface area contributed by atoms with Gasteiger partial charge in [-0.25, -0.2) is 15.0 Å². The zero-order chi connectivity index (χ0) is 22.6. The molecule has 0 atom stereocenters. The number of rotatable bonds is 4. The first-order chi connectivity index (χ1) is 16.7. The van der Waals surface area contributed by atoms with E-state index in [4.69, 9.17) is 9.97 Å². The van der Waals surface area contributed by atoms with Gasteiger partial charge in [-0.05, 0) is 25.3 Å². The lowest BCUT2D eigenvalue weighted by atomic mass is 10.1. The molecular weight excluding hydrogens is 444 g/mol. The van der Waals surface area contributed by atoms with E-state index in [0.717, 1.165) is 54.2 Å². The number of thiophene rings is 1. The fourth-order valence-electron chi connectivity index (χ4n) is 4.81. The third kappa shape index (κ3) is 3.30. The molecule has 0 spiro atoms. The number of fused-ring (bicyclic) bond motifs is 2. The molecule has 5 heterocycles. The number of nitrogens with zero attached hydrogens (tertiary/aromatic N) is 8. The SMILES string of the molecule is Cc1cc(N2CCN(c3nc(C4CC4)nc4scc(-c5ccccc5)c34)CC2)n2ncnc2n1. The normalized spacial score (nSPS) is 16.6. The summed E-state index contributed by atoms with van der Waals surface area (Å²) < 4.78 is 1.84. The minimum Gasteiger partial charge on any atom is -0.353 e. The van der Waals surface area contributed by atoms with Crippen molar-refractivity contribution in [2.75, 3.05) is 36.0 Å². The minimum atomic E-state index is 0.520. The van der Waals surface area contributed by atoms with E-state index in [1.54, 1.807) is 17.7 Å². The van der Waals surface area contributed by atoms with Crippen molar-refractivity contribution in [2.45, 2.75) is 25.7 Å². The fourth-order valence-corrected chi connectivity index (χ4v) is 5.76. The molecule has 5 aromatic rings. The van der Waals surface area contributed by atoms with E-state index >= 15 is 0 Å². The number of benzene rings is 1. The molecule has 1 aromatic carbocycles. The van der Waals surface area contributed by atoms with E-state index in [9.17, 15) is 0 Å². The van der Waals surface area contributed by atoms with Gasteiger partial charge >= 0.3 is 0 Å². The van der Waals surface area contributed by atoms with Crippen molar-refractivity contribution in [3.8, 4) is 11.1 Å². The summed E-state index contributed by atoms with van der Waals surface area (Å²) in [6, 6.07) is 12.7. The van der Waals surface area contributed by atoms with Gasteiger partial charge in [-0.3, -0.25) is 0 Å². The van der Waals surface area contributed by atoms with Crippen LogP contribution in [-0.2, 0) is 0 Å². The predicted octanol–water partition coefficient (Wildman–Crippen LogP) is 4.31. The van der Waals surface area contributed by atoms with Crippen molar-refractivity contribution in [3.05, 3.63) is 59.6 Å². The van der Waals surface area contributed by atoms with Crippen LogP contribution in [0.4, 0.5) is 11.6 Å². The van der Waals surface area contributed by atoms with Gasteiger partial charge in [0.1, 0.15) is 28.6 Å². The molecule has 0 bridgehead atoms. The maximum absolute atomic E-state index is 5.16. The Bertz CT molecular complexity index is 1500. The van der Waals surface area contributed by atoms with Crippen molar-refractivity contribution in [3.63, 3.8) is 0 Å². The first-order valence-electron chi connectivity index (χ1n) is 11.8. The van der Waals surface area contributed by atoms with E-state index in [1.807, 2.05) is 11.4 Å². The second-order valence-corrected chi connectivity index (χ2v) is 9.94. The Balaban J connectivity index is 1.26. The van der Waals surface area contributed by atoms with Crippen LogP contribution in [0.5, 0.6) is 0 Å². The summed E-state index contributed by atoms with van der Waals surface area (Å²) in [6.07, 6.45) is 3.97. The minimum absolute atomic E-state index is 0.520. The van der Waals surface area contributed by atoms with E-state index < -0.39 is 0 Å². The van der Waals surface area contributed by atoms with E-state index in [-0.39, 0.29) is 0 Å². The Morgan fingerprint density at radius 2 is 1.74 bits per heavy atom. The van der Waals surface area contributed by atoms with Crippen molar-refractivity contribution in [2.24, 2.45) is 0 Å². The summed E-state index contributed by atoms with van der Waals surface area (Å²) >= 11 is 1.73. The van der Waals surface area contributed by atoms with E-state index in [0.29, 0.717) is 11.7 Å². The predicted molar refractivity (Wildman–Crippen MR) is 135 cm³/mol. The molecule has 1 aliphatic carbocycles. The lowest BCUT2D eigenvalue weighted by molar-refractivity contribution is 0.633. The first kappa shape index (κ1) is 19.8. The van der Waals surface area contributed by atoms with Crippen molar-refractivity contribution >= 4 is 39.0 Å². The van der Waals surface area contributed by atoms with Crippen LogP contribution in [0.1, 0.15) is 30.3 Å². The van der Waals surface area contributed by atoms with Gasteiger partial charge in [-0.2, -0.15) is 14.6 Å². The second kappa shape index (κ2) is 7.73. The Hall–Kier alpha value is -3.59. The summed E-state index contributed by atoms with van der Waals surface area (Å²) in [5, 5.41) is 7.83. The maximum atomic E-state index is 5.16. The third-order valence-electron chi connectivity index (χ3n) is 6.72. The highest BCUT2D eigenvalue weighted by molar-refractivity contribution is 7.17. The van der Waals surface area contributed by atoms with Gasteiger partial charge in [-0.15, -0.1) is 11.3 Å². The lowest BCUT2D eigenvalue weighted by Gasteiger charge is -2.37. The van der Waals surface area contributed by atoms with Crippen LogP contribution >= 0.6 is 11.3 Å². The van der Waals surface area contributed by atoms with Crippen LogP contribution in [0.15, 0.2) is 48.1 Å². The van der Waals surface area contributed by atoms with Gasteiger partial charge in [0.25, 0.3) is 5.78 Å². The highest BCUT2D eigenvalue weighted by Gasteiger charge is 2.30. The molecule has 1 saturated carbocycles. The van der Waals surface area contributed by atoms with Crippen LogP contribution in [-0.4, -0.2) is 55.7 Å². The van der Waals surface area contributed by atoms with Crippen molar-refractivity contribution in [1.29, 1.82) is 0 Å². The van der Waals surface area contributed by atoms with Gasteiger partial charge in [0.15, 0.2) is 0 Å². The molecule has 4 aromatic heterocycles. The van der Waals surface area contributed by atoms with E-state index in [1.165, 1.54) is 29.4 Å². The number of piperazine rings is 1. The molecule has 7 rings (SSSR count). The standard InChI is InChI=1S/C25H24N8S/c1-16-13-20(33-25(28-16)26-15-27-33)31-9-11-32(12-10-31)23-21-19(17-5-3-2-4-6-17)14-34-24(21)30-22(29-23)18-7-8-18/h2-6,13-15,18H,7-12H2,1H3. The fraction of sp³-hybridized carbons (Fsp3) is 0.320. The average molecular weight is 469 g/mol. The molecule has 170 valence electrons. The Kier molecular flexibility index (Phi) is 4.51. The number of anilines is 2. The smallest absolute Gasteiger partial charge is 0.254 e. The van der Waals surface area contributed by atoms with Crippen LogP contribution in [0.3, 0.4) is 0 Å². The van der Waals surface area contributed by atoms with Gasteiger partial charge in [0.05, 0.1) is 5.39 Å². The molecule has 8 nitrogen and oxygen atoms in total. The zero-order valence-electron chi connectivity index (χ0n) is 18.9. The molecule has 1 aliphatic heterocycles. The molecule has 0 N–H and O–H groups in total. The van der Waals surface area contributed by atoms with Gasteiger partial charge < -0.3 is 9.80 Å². The molecule has 0 radical (unpaired) electrons. The van der Waals surface area contributed by atoms with Gasteiger partial charge in [-0.1, -0.05) is 30.3 Å². The topological polar surface area (TPSA) is 75.3 Å². The van der Waals surface area contributed by atoms with Gasteiger partial charge in [0, 0.05) is 54.8 Å². The summed E-state index contributed by atoms with van der Waals surface area (Å²) in [5.74, 6) is 4.32. The average Bonchev–Trinajstić information content (AvgIpc) is 3.47. The largest absolute Gasteiger partial charge is 0.353 e. The second-order valence-electron chi connectivity index (χ2n) is 9.08. The molecule has 2 aliphatic rings. The number of aromatic nitrogens is 6. The molecule has 0 unspecified atom stereocenters. The number of hydrogen-bond acceptors (Lipinski definition) is 8. The summed E-state index contributed by atoms with van der Waals surface area (Å²) in [4.78, 5) is 24.8. The number of hydrogen-bond donors (Lipinski definition) is 0. The molecule has 34 heavy (non-hydrogen) atoms. The maximum Gasteiger partial charge on any atom is 0.254 e. The Morgan fingerprint density at radius 1 is 0.941 bits per heavy atom. The summed E-state index contributed by atoms with van der Waals surface area (Å²) in [6.45, 7) is 5.55. The lowest BCUT2D eigenvalue weighted by Crippen LogP contribution is -2.47. The van der Waals surface area contributed by atoms with Gasteiger partial charge in [0.2, 0.25) is 0 Å². The van der Waals surface area contributed by atoms with Crippen LogP contribution in [0, 0.1) is 6.92 Å². The highest BCUT2D eigenvalue weighted by atomic mass is 32.1. The Labute approximate surface area is 200 Å². The molecular formula is C25H24N8S. The quantitative estimate of drug-likeness (QED) is 0.389. The van der Waals surface area contributed by atoms with Crippen LogP contribution in [0.25, 0.3) is 27.1 Å². The summed E-state index contributed by atoms with van der Waals surface area (Å²) in [5.41, 5.74) is 3.40. The number of aryl methyl sites for hydroxylation is 1. The zero-order valence-corrected chi connectivity index (χ0v) is 19.7. The molecule has 1 saturated heterocycles. The Morgan fingerprint density at radius 3 is 2.53 bits per heavy atom. The summed E-state index contributed by atoms with van der Waals surface area (Å²) in [7, 11) is 0. The monoisotopic (exact) mass is 468 g/mol. The molecule has 2 fully saturated rings. The van der Waals surface area contributed by atoms with Crippen molar-refractivity contribution in [1.82, 2.24) is 29.5 Å². The molecule has 9 heteroatoms. The van der Waals surface area contributed by atoms with E-state index in [2.05, 4.69) is 66.6 Å².